The normalized spacial score (nSPS) is 20.0. The number of rotatable bonds is 5. The number of aromatic nitrogens is 3. The summed E-state index contributed by atoms with van der Waals surface area (Å²) in [5.74, 6) is -0.0632. The van der Waals surface area contributed by atoms with Crippen molar-refractivity contribution in [1.82, 2.24) is 20.3 Å². The molecular weight excluding hydrogens is 299 g/mol. The smallest absolute Gasteiger partial charge is 0.273 e. The molecule has 3 rings (SSSR count). The molecule has 7 heteroatoms. The molecule has 1 aliphatic carbocycles. The lowest BCUT2D eigenvalue weighted by Gasteiger charge is -2.36. The summed E-state index contributed by atoms with van der Waals surface area (Å²) in [7, 11) is 1.45. The summed E-state index contributed by atoms with van der Waals surface area (Å²) in [5, 5.41) is 10.6. The Labute approximate surface area is 133 Å². The van der Waals surface area contributed by atoms with Crippen molar-refractivity contribution in [2.24, 2.45) is 0 Å². The van der Waals surface area contributed by atoms with E-state index in [1.807, 2.05) is 13.0 Å². The van der Waals surface area contributed by atoms with Gasteiger partial charge in [-0.1, -0.05) is 11.3 Å². The Morgan fingerprint density at radius 3 is 2.87 bits per heavy atom. The van der Waals surface area contributed by atoms with Crippen LogP contribution in [-0.4, -0.2) is 34.1 Å². The molecule has 1 N–H and O–H groups in total. The molecule has 0 atom stereocenters. The van der Waals surface area contributed by atoms with Crippen LogP contribution in [0.5, 0.6) is 5.75 Å². The van der Waals surface area contributed by atoms with E-state index in [4.69, 9.17) is 4.74 Å². The standard InChI is InChI=1S/C16H19FN4O2/c1-3-21-9-14(19-20-21)16(22)18-12-6-11(7-12)10-4-5-15(23-2)13(17)8-10/h4-5,8-9,11-12H,3,6-7H2,1-2H3,(H,18,22). The molecule has 0 aliphatic heterocycles. The minimum atomic E-state index is -0.353. The fourth-order valence-corrected chi connectivity index (χ4v) is 2.76. The lowest BCUT2D eigenvalue weighted by molar-refractivity contribution is 0.0903. The van der Waals surface area contributed by atoms with Crippen molar-refractivity contribution in [3.63, 3.8) is 0 Å². The molecule has 0 bridgehead atoms. The molecule has 122 valence electrons. The first-order valence-electron chi connectivity index (χ1n) is 7.65. The second kappa shape index (κ2) is 6.36. The summed E-state index contributed by atoms with van der Waals surface area (Å²) in [5.41, 5.74) is 1.26. The quantitative estimate of drug-likeness (QED) is 0.917. The lowest BCUT2D eigenvalue weighted by atomic mass is 9.76. The first kappa shape index (κ1) is 15.5. The Kier molecular flexibility index (Phi) is 4.27. The van der Waals surface area contributed by atoms with E-state index >= 15 is 0 Å². The number of carbonyl (C=O) groups excluding carboxylic acids is 1. The molecule has 0 saturated heterocycles. The highest BCUT2D eigenvalue weighted by Gasteiger charge is 2.32. The van der Waals surface area contributed by atoms with Gasteiger partial charge in [0.1, 0.15) is 0 Å². The molecule has 2 aromatic rings. The Balaban J connectivity index is 1.54. The van der Waals surface area contributed by atoms with Gasteiger partial charge in [-0.05, 0) is 43.4 Å². The largest absolute Gasteiger partial charge is 0.494 e. The van der Waals surface area contributed by atoms with E-state index in [2.05, 4.69) is 15.6 Å². The zero-order chi connectivity index (χ0) is 16.4. The molecule has 0 radical (unpaired) electrons. The number of nitrogens with zero attached hydrogens (tertiary/aromatic N) is 3. The highest BCUT2D eigenvalue weighted by Crippen LogP contribution is 2.38. The summed E-state index contributed by atoms with van der Waals surface area (Å²) in [4.78, 5) is 12.1. The number of aryl methyl sites for hydroxylation is 1. The average Bonchev–Trinajstić information content (AvgIpc) is 2.99. The van der Waals surface area contributed by atoms with Crippen molar-refractivity contribution in [1.29, 1.82) is 0 Å². The second-order valence-electron chi connectivity index (χ2n) is 5.69. The second-order valence-corrected chi connectivity index (χ2v) is 5.69. The predicted octanol–water partition coefficient (Wildman–Crippen LogP) is 2.12. The minimum Gasteiger partial charge on any atom is -0.494 e. The summed E-state index contributed by atoms with van der Waals surface area (Å²) >= 11 is 0. The molecule has 1 amide bonds. The van der Waals surface area contributed by atoms with Gasteiger partial charge in [-0.15, -0.1) is 5.10 Å². The highest BCUT2D eigenvalue weighted by atomic mass is 19.1. The Bertz CT molecular complexity index is 710. The predicted molar refractivity (Wildman–Crippen MR) is 81.9 cm³/mol. The number of halogens is 1. The van der Waals surface area contributed by atoms with E-state index in [9.17, 15) is 9.18 Å². The van der Waals surface area contributed by atoms with Gasteiger partial charge in [0.05, 0.1) is 13.3 Å². The number of amides is 1. The fourth-order valence-electron chi connectivity index (χ4n) is 2.76. The van der Waals surface area contributed by atoms with Gasteiger partial charge in [0.25, 0.3) is 5.91 Å². The Morgan fingerprint density at radius 2 is 2.26 bits per heavy atom. The summed E-state index contributed by atoms with van der Waals surface area (Å²) in [6.45, 7) is 2.61. The topological polar surface area (TPSA) is 69.0 Å². The summed E-state index contributed by atoms with van der Waals surface area (Å²) in [6, 6.07) is 5.11. The lowest BCUT2D eigenvalue weighted by Crippen LogP contribution is -2.43. The van der Waals surface area contributed by atoms with Crippen LogP contribution < -0.4 is 10.1 Å². The molecule has 0 spiro atoms. The van der Waals surface area contributed by atoms with Crippen LogP contribution in [0.1, 0.15) is 41.7 Å². The third-order valence-electron chi connectivity index (χ3n) is 4.22. The van der Waals surface area contributed by atoms with Gasteiger partial charge in [-0.25, -0.2) is 4.39 Å². The van der Waals surface area contributed by atoms with Crippen LogP contribution in [0.2, 0.25) is 0 Å². The molecule has 6 nitrogen and oxygen atoms in total. The van der Waals surface area contributed by atoms with E-state index in [1.54, 1.807) is 16.9 Å². The molecular formula is C16H19FN4O2. The van der Waals surface area contributed by atoms with E-state index in [0.717, 1.165) is 18.4 Å². The van der Waals surface area contributed by atoms with Gasteiger partial charge >= 0.3 is 0 Å². The van der Waals surface area contributed by atoms with Crippen LogP contribution in [0, 0.1) is 5.82 Å². The van der Waals surface area contributed by atoms with Gasteiger partial charge in [-0.2, -0.15) is 0 Å². The number of benzene rings is 1. The zero-order valence-electron chi connectivity index (χ0n) is 13.1. The molecule has 0 unspecified atom stereocenters. The van der Waals surface area contributed by atoms with Crippen molar-refractivity contribution in [3.05, 3.63) is 41.5 Å². The molecule has 1 heterocycles. The van der Waals surface area contributed by atoms with Gasteiger partial charge in [-0.3, -0.25) is 9.48 Å². The first-order chi connectivity index (χ1) is 11.1. The van der Waals surface area contributed by atoms with E-state index in [0.29, 0.717) is 12.2 Å². The fraction of sp³-hybridized carbons (Fsp3) is 0.438. The van der Waals surface area contributed by atoms with E-state index in [-0.39, 0.29) is 29.4 Å². The Morgan fingerprint density at radius 1 is 1.48 bits per heavy atom. The van der Waals surface area contributed by atoms with Crippen LogP contribution in [0.4, 0.5) is 4.39 Å². The SMILES string of the molecule is CCn1cc(C(=O)NC2CC(c3ccc(OC)c(F)c3)C2)nn1. The number of methoxy groups -OCH3 is 1. The van der Waals surface area contributed by atoms with Crippen molar-refractivity contribution < 1.29 is 13.9 Å². The average molecular weight is 318 g/mol. The number of hydrogen-bond donors (Lipinski definition) is 1. The maximum absolute atomic E-state index is 13.7. The van der Waals surface area contributed by atoms with Crippen LogP contribution in [0.15, 0.2) is 24.4 Å². The third kappa shape index (κ3) is 3.18. The Hall–Kier alpha value is -2.44. The molecule has 23 heavy (non-hydrogen) atoms. The monoisotopic (exact) mass is 318 g/mol. The minimum absolute atomic E-state index is 0.0874. The molecule has 1 fully saturated rings. The number of nitrogens with one attached hydrogen (secondary N) is 1. The molecule has 1 aromatic carbocycles. The van der Waals surface area contributed by atoms with E-state index in [1.165, 1.54) is 13.2 Å². The van der Waals surface area contributed by atoms with Gasteiger partial charge < -0.3 is 10.1 Å². The number of hydrogen-bond acceptors (Lipinski definition) is 4. The molecule has 1 aliphatic rings. The summed E-state index contributed by atoms with van der Waals surface area (Å²) in [6.07, 6.45) is 3.21. The first-order valence-corrected chi connectivity index (χ1v) is 7.65. The van der Waals surface area contributed by atoms with Gasteiger partial charge in [0.15, 0.2) is 17.3 Å². The van der Waals surface area contributed by atoms with Crippen LogP contribution in [-0.2, 0) is 6.54 Å². The van der Waals surface area contributed by atoms with Crippen LogP contribution in [0.25, 0.3) is 0 Å². The van der Waals surface area contributed by atoms with Gasteiger partial charge in [0.2, 0.25) is 0 Å². The van der Waals surface area contributed by atoms with Crippen molar-refractivity contribution >= 4 is 5.91 Å². The maximum atomic E-state index is 13.7. The van der Waals surface area contributed by atoms with Crippen LogP contribution in [0.3, 0.4) is 0 Å². The van der Waals surface area contributed by atoms with Crippen LogP contribution >= 0.6 is 0 Å². The maximum Gasteiger partial charge on any atom is 0.273 e. The highest BCUT2D eigenvalue weighted by molar-refractivity contribution is 5.92. The van der Waals surface area contributed by atoms with Gasteiger partial charge in [0, 0.05) is 12.6 Å². The number of ether oxygens (including phenoxy) is 1. The van der Waals surface area contributed by atoms with Crippen molar-refractivity contribution in [3.8, 4) is 5.75 Å². The summed E-state index contributed by atoms with van der Waals surface area (Å²) < 4.78 is 20.3. The van der Waals surface area contributed by atoms with E-state index < -0.39 is 0 Å². The number of carbonyl (C=O) groups is 1. The zero-order valence-corrected chi connectivity index (χ0v) is 13.1. The molecule has 1 aromatic heterocycles. The van der Waals surface area contributed by atoms with Crippen molar-refractivity contribution in [2.45, 2.75) is 38.3 Å². The van der Waals surface area contributed by atoms with Crippen molar-refractivity contribution in [2.75, 3.05) is 7.11 Å². The molecule has 1 saturated carbocycles. The third-order valence-corrected chi connectivity index (χ3v) is 4.22.